The Labute approximate surface area is 159 Å². The van der Waals surface area contributed by atoms with Crippen LogP contribution in [0.15, 0.2) is 58.7 Å². The number of fused-ring (bicyclic) bond motifs is 2. The first kappa shape index (κ1) is 17.4. The molecule has 0 N–H and O–H groups in total. The molecule has 0 aliphatic carbocycles. The molecule has 4 aromatic rings. The minimum atomic E-state index is -0.298. The SMILES string of the molecule is Cn1c(CCC(=O)OCc2csc3ccccc23)nc2ccccc2c1=O. The summed E-state index contributed by atoms with van der Waals surface area (Å²) >= 11 is 1.64. The van der Waals surface area contributed by atoms with Crippen LogP contribution in [-0.4, -0.2) is 15.5 Å². The molecule has 0 atom stereocenters. The van der Waals surface area contributed by atoms with Crippen LogP contribution >= 0.6 is 11.3 Å². The molecule has 0 bridgehead atoms. The average Bonchev–Trinajstić information content (AvgIpc) is 3.11. The van der Waals surface area contributed by atoms with E-state index in [1.165, 1.54) is 9.27 Å². The number of ether oxygens (including phenoxy) is 1. The lowest BCUT2D eigenvalue weighted by atomic mass is 10.2. The first-order chi connectivity index (χ1) is 13.1. The summed E-state index contributed by atoms with van der Waals surface area (Å²) in [6, 6.07) is 15.3. The third-order valence-corrected chi connectivity index (χ3v) is 5.59. The summed E-state index contributed by atoms with van der Waals surface area (Å²) in [6.07, 6.45) is 0.542. The van der Waals surface area contributed by atoms with Crippen molar-refractivity contribution in [1.29, 1.82) is 0 Å². The van der Waals surface area contributed by atoms with Gasteiger partial charge in [0.15, 0.2) is 0 Å². The molecule has 6 heteroatoms. The van der Waals surface area contributed by atoms with E-state index < -0.39 is 0 Å². The van der Waals surface area contributed by atoms with Gasteiger partial charge in [-0.3, -0.25) is 14.2 Å². The van der Waals surface area contributed by atoms with Gasteiger partial charge < -0.3 is 4.74 Å². The lowest BCUT2D eigenvalue weighted by Crippen LogP contribution is -2.23. The van der Waals surface area contributed by atoms with Gasteiger partial charge in [0.05, 0.1) is 17.3 Å². The number of carbonyl (C=O) groups excluding carboxylic acids is 1. The maximum atomic E-state index is 12.4. The highest BCUT2D eigenvalue weighted by Crippen LogP contribution is 2.26. The fourth-order valence-electron chi connectivity index (χ4n) is 3.08. The fraction of sp³-hybridized carbons (Fsp3) is 0.190. The zero-order valence-electron chi connectivity index (χ0n) is 14.8. The van der Waals surface area contributed by atoms with Gasteiger partial charge in [0.1, 0.15) is 12.4 Å². The predicted octanol–water partition coefficient (Wildman–Crippen LogP) is 3.82. The predicted molar refractivity (Wildman–Crippen MR) is 107 cm³/mol. The monoisotopic (exact) mass is 378 g/mol. The molecule has 0 spiro atoms. The second kappa shape index (κ2) is 7.32. The Morgan fingerprint density at radius 1 is 1.11 bits per heavy atom. The van der Waals surface area contributed by atoms with Crippen molar-refractivity contribution in [2.24, 2.45) is 7.05 Å². The average molecular weight is 378 g/mol. The van der Waals surface area contributed by atoms with Crippen molar-refractivity contribution in [2.45, 2.75) is 19.4 Å². The molecule has 0 aliphatic heterocycles. The number of aryl methyl sites for hydroxylation is 1. The van der Waals surface area contributed by atoms with Gasteiger partial charge >= 0.3 is 5.97 Å². The number of para-hydroxylation sites is 1. The van der Waals surface area contributed by atoms with Crippen molar-refractivity contribution in [3.8, 4) is 0 Å². The quantitative estimate of drug-likeness (QED) is 0.495. The van der Waals surface area contributed by atoms with E-state index in [0.717, 1.165) is 10.9 Å². The Morgan fingerprint density at radius 2 is 1.85 bits per heavy atom. The standard InChI is InChI=1S/C21H18N2O3S/c1-23-19(22-17-8-4-2-7-16(17)21(23)25)10-11-20(24)26-12-14-13-27-18-9-5-3-6-15(14)18/h2-9,13H,10-12H2,1H3. The van der Waals surface area contributed by atoms with Gasteiger partial charge in [0.25, 0.3) is 5.56 Å². The van der Waals surface area contributed by atoms with Crippen molar-refractivity contribution in [3.05, 3.63) is 75.7 Å². The molecule has 0 saturated heterocycles. The molecule has 0 unspecified atom stereocenters. The summed E-state index contributed by atoms with van der Waals surface area (Å²) in [5.74, 6) is 0.282. The van der Waals surface area contributed by atoms with E-state index in [1.54, 1.807) is 30.5 Å². The van der Waals surface area contributed by atoms with Gasteiger partial charge in [0, 0.05) is 23.7 Å². The molecule has 0 fully saturated rings. The van der Waals surface area contributed by atoms with Gasteiger partial charge in [-0.25, -0.2) is 4.98 Å². The number of thiophene rings is 1. The molecule has 0 radical (unpaired) electrons. The van der Waals surface area contributed by atoms with E-state index in [0.29, 0.717) is 23.1 Å². The van der Waals surface area contributed by atoms with Crippen molar-refractivity contribution in [3.63, 3.8) is 0 Å². The van der Waals surface area contributed by atoms with Gasteiger partial charge in [-0.15, -0.1) is 11.3 Å². The molecule has 2 aromatic carbocycles. The highest BCUT2D eigenvalue weighted by molar-refractivity contribution is 7.17. The number of aromatic nitrogens is 2. The number of hydrogen-bond acceptors (Lipinski definition) is 5. The van der Waals surface area contributed by atoms with E-state index >= 15 is 0 Å². The molecule has 27 heavy (non-hydrogen) atoms. The lowest BCUT2D eigenvalue weighted by molar-refractivity contribution is -0.144. The number of rotatable bonds is 5. The highest BCUT2D eigenvalue weighted by Gasteiger charge is 2.12. The second-order valence-corrected chi connectivity index (χ2v) is 7.24. The van der Waals surface area contributed by atoms with Crippen LogP contribution in [0.3, 0.4) is 0 Å². The van der Waals surface area contributed by atoms with Crippen LogP contribution in [0.2, 0.25) is 0 Å². The largest absolute Gasteiger partial charge is 0.461 e. The zero-order valence-corrected chi connectivity index (χ0v) is 15.7. The third-order valence-electron chi connectivity index (χ3n) is 4.58. The molecule has 2 aromatic heterocycles. The summed E-state index contributed by atoms with van der Waals surface area (Å²) < 4.78 is 8.11. The Bertz CT molecular complexity index is 1190. The van der Waals surface area contributed by atoms with Gasteiger partial charge in [-0.1, -0.05) is 30.3 Å². The molecule has 0 amide bonds. The van der Waals surface area contributed by atoms with Gasteiger partial charge in [-0.05, 0) is 29.0 Å². The Balaban J connectivity index is 1.43. The Kier molecular flexibility index (Phi) is 4.73. The second-order valence-electron chi connectivity index (χ2n) is 6.33. The zero-order chi connectivity index (χ0) is 18.8. The minimum absolute atomic E-state index is 0.103. The van der Waals surface area contributed by atoms with Crippen LogP contribution in [0, 0.1) is 0 Å². The summed E-state index contributed by atoms with van der Waals surface area (Å²) in [4.78, 5) is 29.1. The smallest absolute Gasteiger partial charge is 0.306 e. The topological polar surface area (TPSA) is 61.2 Å². The number of benzene rings is 2. The molecule has 5 nitrogen and oxygen atoms in total. The first-order valence-electron chi connectivity index (χ1n) is 8.69. The van der Waals surface area contributed by atoms with E-state index in [4.69, 9.17) is 4.74 Å². The molecular weight excluding hydrogens is 360 g/mol. The number of carbonyl (C=O) groups is 1. The molecule has 136 valence electrons. The number of hydrogen-bond donors (Lipinski definition) is 0. The van der Waals surface area contributed by atoms with Gasteiger partial charge in [0.2, 0.25) is 0 Å². The van der Waals surface area contributed by atoms with Gasteiger partial charge in [-0.2, -0.15) is 0 Å². The van der Waals surface area contributed by atoms with Crippen molar-refractivity contribution in [1.82, 2.24) is 9.55 Å². The van der Waals surface area contributed by atoms with Crippen LogP contribution in [0.25, 0.3) is 21.0 Å². The fourth-order valence-corrected chi connectivity index (χ4v) is 4.02. The van der Waals surface area contributed by atoms with E-state index in [2.05, 4.69) is 11.1 Å². The molecule has 4 rings (SSSR count). The molecule has 2 heterocycles. The normalized spacial score (nSPS) is 11.1. The summed E-state index contributed by atoms with van der Waals surface area (Å²) in [5.41, 5.74) is 1.56. The summed E-state index contributed by atoms with van der Waals surface area (Å²) in [6.45, 7) is 0.257. The van der Waals surface area contributed by atoms with Crippen LogP contribution in [-0.2, 0) is 29.6 Å². The molecule has 0 saturated carbocycles. The lowest BCUT2D eigenvalue weighted by Gasteiger charge is -2.09. The van der Waals surface area contributed by atoms with Crippen molar-refractivity contribution < 1.29 is 9.53 Å². The van der Waals surface area contributed by atoms with Crippen LogP contribution < -0.4 is 5.56 Å². The first-order valence-corrected chi connectivity index (χ1v) is 9.57. The van der Waals surface area contributed by atoms with Crippen LogP contribution in [0.5, 0.6) is 0 Å². The van der Waals surface area contributed by atoms with Crippen molar-refractivity contribution >= 4 is 38.3 Å². The molecule has 0 aliphatic rings. The number of nitrogens with zero attached hydrogens (tertiary/aromatic N) is 2. The maximum absolute atomic E-state index is 12.4. The van der Waals surface area contributed by atoms with E-state index in [1.807, 2.05) is 35.7 Å². The minimum Gasteiger partial charge on any atom is -0.461 e. The molecular formula is C21H18N2O3S. The van der Waals surface area contributed by atoms with E-state index in [-0.39, 0.29) is 24.6 Å². The third kappa shape index (κ3) is 3.48. The summed E-state index contributed by atoms with van der Waals surface area (Å²) in [7, 11) is 1.68. The van der Waals surface area contributed by atoms with Crippen molar-refractivity contribution in [2.75, 3.05) is 0 Å². The van der Waals surface area contributed by atoms with Crippen LogP contribution in [0.1, 0.15) is 17.8 Å². The highest BCUT2D eigenvalue weighted by atomic mass is 32.1. The summed E-state index contributed by atoms with van der Waals surface area (Å²) in [5, 5.41) is 3.72. The maximum Gasteiger partial charge on any atom is 0.306 e. The van der Waals surface area contributed by atoms with Crippen LogP contribution in [0.4, 0.5) is 0 Å². The van der Waals surface area contributed by atoms with E-state index in [9.17, 15) is 9.59 Å². The Morgan fingerprint density at radius 3 is 2.70 bits per heavy atom. The number of esters is 1. The Hall–Kier alpha value is -2.99.